The van der Waals surface area contributed by atoms with E-state index in [4.69, 9.17) is 4.74 Å². The molecular formula is C16H29FO. The lowest BCUT2D eigenvalue weighted by Crippen LogP contribution is -2.22. The van der Waals surface area contributed by atoms with Gasteiger partial charge in [-0.25, -0.2) is 4.39 Å². The third-order valence-electron chi connectivity index (χ3n) is 5.21. The van der Waals surface area contributed by atoms with Crippen LogP contribution in [0, 0.1) is 17.8 Å². The van der Waals surface area contributed by atoms with E-state index in [1.165, 1.54) is 51.4 Å². The van der Waals surface area contributed by atoms with E-state index in [0.29, 0.717) is 0 Å². The van der Waals surface area contributed by atoms with Gasteiger partial charge in [-0.15, -0.1) is 0 Å². The Kier molecular flexibility index (Phi) is 5.94. The highest BCUT2D eigenvalue weighted by atomic mass is 19.1. The Balaban J connectivity index is 1.57. The minimum absolute atomic E-state index is 0.210. The maximum absolute atomic E-state index is 12.1. The summed E-state index contributed by atoms with van der Waals surface area (Å²) in [6.07, 6.45) is 13.5. The molecule has 106 valence electrons. The van der Waals surface area contributed by atoms with Crippen molar-refractivity contribution in [3.63, 3.8) is 0 Å². The molecule has 18 heavy (non-hydrogen) atoms. The van der Waals surface area contributed by atoms with Gasteiger partial charge in [-0.1, -0.05) is 45.4 Å². The molecule has 0 atom stereocenters. The molecule has 2 rings (SSSR count). The maximum atomic E-state index is 12.1. The average molecular weight is 256 g/mol. The second-order valence-electron chi connectivity index (χ2n) is 6.62. The van der Waals surface area contributed by atoms with Gasteiger partial charge in [0, 0.05) is 0 Å². The Bertz CT molecular complexity index is 215. The molecule has 2 saturated carbocycles. The minimum Gasteiger partial charge on any atom is -0.347 e. The normalized spacial score (nSPS) is 37.7. The van der Waals surface area contributed by atoms with Crippen LogP contribution in [0.3, 0.4) is 0 Å². The fourth-order valence-electron chi connectivity index (χ4n) is 3.77. The van der Waals surface area contributed by atoms with Crippen LogP contribution in [0.15, 0.2) is 0 Å². The summed E-state index contributed by atoms with van der Waals surface area (Å²) in [5.74, 6) is 2.86. The molecule has 0 spiro atoms. The van der Waals surface area contributed by atoms with Crippen LogP contribution in [0.4, 0.5) is 4.39 Å². The number of ether oxygens (including phenoxy) is 1. The molecule has 2 heteroatoms. The maximum Gasteiger partial charge on any atom is 0.188 e. The lowest BCUT2D eigenvalue weighted by Gasteiger charge is -2.30. The Hall–Kier alpha value is -0.110. The van der Waals surface area contributed by atoms with Crippen LogP contribution in [0.25, 0.3) is 0 Å². The van der Waals surface area contributed by atoms with Gasteiger partial charge in [0.15, 0.2) is 6.86 Å². The van der Waals surface area contributed by atoms with Crippen molar-refractivity contribution >= 4 is 0 Å². The second kappa shape index (κ2) is 7.47. The van der Waals surface area contributed by atoms with Crippen molar-refractivity contribution in [2.24, 2.45) is 17.8 Å². The summed E-state index contributed by atoms with van der Waals surface area (Å²) in [5, 5.41) is 0. The number of alkyl halides is 1. The van der Waals surface area contributed by atoms with E-state index in [2.05, 4.69) is 6.92 Å². The van der Waals surface area contributed by atoms with Crippen molar-refractivity contribution in [2.45, 2.75) is 77.2 Å². The van der Waals surface area contributed by atoms with Crippen LogP contribution in [0.1, 0.15) is 71.1 Å². The molecule has 0 aliphatic heterocycles. The summed E-state index contributed by atoms with van der Waals surface area (Å²) in [5.41, 5.74) is 0. The predicted octanol–water partition coefficient (Wildman–Crippen LogP) is 5.10. The Morgan fingerprint density at radius 3 is 1.83 bits per heavy atom. The van der Waals surface area contributed by atoms with Gasteiger partial charge in [-0.3, -0.25) is 0 Å². The molecule has 2 aliphatic carbocycles. The zero-order chi connectivity index (χ0) is 12.8. The molecule has 0 bridgehead atoms. The van der Waals surface area contributed by atoms with Gasteiger partial charge in [0.05, 0.1) is 6.10 Å². The Morgan fingerprint density at radius 1 is 0.833 bits per heavy atom. The summed E-state index contributed by atoms with van der Waals surface area (Å²) in [4.78, 5) is 0. The monoisotopic (exact) mass is 256 g/mol. The average Bonchev–Trinajstić information content (AvgIpc) is 2.40. The first-order chi connectivity index (χ1) is 8.78. The van der Waals surface area contributed by atoms with Gasteiger partial charge in [-0.2, -0.15) is 0 Å². The minimum atomic E-state index is -0.602. The van der Waals surface area contributed by atoms with E-state index in [-0.39, 0.29) is 6.10 Å². The smallest absolute Gasteiger partial charge is 0.188 e. The summed E-state index contributed by atoms with van der Waals surface area (Å²) in [6, 6.07) is 0. The fraction of sp³-hybridized carbons (Fsp3) is 1.00. The zero-order valence-corrected chi connectivity index (χ0v) is 11.9. The van der Waals surface area contributed by atoms with Gasteiger partial charge in [0.1, 0.15) is 0 Å². The van der Waals surface area contributed by atoms with Crippen LogP contribution in [0.5, 0.6) is 0 Å². The van der Waals surface area contributed by atoms with E-state index < -0.39 is 6.86 Å². The van der Waals surface area contributed by atoms with Gasteiger partial charge < -0.3 is 4.74 Å². The van der Waals surface area contributed by atoms with E-state index >= 15 is 0 Å². The molecule has 0 radical (unpaired) electrons. The lowest BCUT2D eigenvalue weighted by molar-refractivity contribution is -0.0294. The number of rotatable bonds is 5. The SMILES string of the molecule is CC1CCC(CCC2CCC(OCF)CC2)CC1. The highest BCUT2D eigenvalue weighted by Gasteiger charge is 2.23. The van der Waals surface area contributed by atoms with Crippen LogP contribution < -0.4 is 0 Å². The molecule has 0 N–H and O–H groups in total. The molecule has 0 heterocycles. The number of halogens is 1. The first-order valence-electron chi connectivity index (χ1n) is 7.95. The van der Waals surface area contributed by atoms with Gasteiger partial charge in [-0.05, 0) is 43.4 Å². The van der Waals surface area contributed by atoms with E-state index in [1.54, 1.807) is 0 Å². The van der Waals surface area contributed by atoms with Gasteiger partial charge >= 0.3 is 0 Å². The molecule has 0 aromatic carbocycles. The van der Waals surface area contributed by atoms with Crippen LogP contribution >= 0.6 is 0 Å². The summed E-state index contributed by atoms with van der Waals surface area (Å²) >= 11 is 0. The van der Waals surface area contributed by atoms with Gasteiger partial charge in [0.2, 0.25) is 0 Å². The molecule has 2 fully saturated rings. The van der Waals surface area contributed by atoms with Crippen molar-refractivity contribution in [3.05, 3.63) is 0 Å². The molecule has 0 aromatic heterocycles. The van der Waals surface area contributed by atoms with Crippen molar-refractivity contribution in [1.82, 2.24) is 0 Å². The Labute approximate surface area is 111 Å². The van der Waals surface area contributed by atoms with Gasteiger partial charge in [0.25, 0.3) is 0 Å². The topological polar surface area (TPSA) is 9.23 Å². The largest absolute Gasteiger partial charge is 0.347 e. The van der Waals surface area contributed by atoms with Crippen LogP contribution in [0.2, 0.25) is 0 Å². The van der Waals surface area contributed by atoms with E-state index in [9.17, 15) is 4.39 Å². The molecular weight excluding hydrogens is 227 g/mol. The summed E-state index contributed by atoms with van der Waals surface area (Å²) < 4.78 is 17.1. The molecule has 0 aromatic rings. The Morgan fingerprint density at radius 2 is 1.33 bits per heavy atom. The number of hydrogen-bond acceptors (Lipinski definition) is 1. The first kappa shape index (κ1) is 14.3. The van der Waals surface area contributed by atoms with E-state index in [0.717, 1.165) is 30.6 Å². The van der Waals surface area contributed by atoms with Crippen LogP contribution in [-0.2, 0) is 4.74 Å². The highest BCUT2D eigenvalue weighted by molar-refractivity contribution is 4.75. The molecule has 1 nitrogen and oxygen atoms in total. The molecule has 0 amide bonds. The van der Waals surface area contributed by atoms with Crippen LogP contribution in [-0.4, -0.2) is 13.0 Å². The summed E-state index contributed by atoms with van der Waals surface area (Å²) in [6.45, 7) is 1.79. The lowest BCUT2D eigenvalue weighted by atomic mass is 9.77. The quantitative estimate of drug-likeness (QED) is 0.665. The fourth-order valence-corrected chi connectivity index (χ4v) is 3.77. The predicted molar refractivity (Wildman–Crippen MR) is 73.2 cm³/mol. The third-order valence-corrected chi connectivity index (χ3v) is 5.21. The molecule has 0 unspecified atom stereocenters. The first-order valence-corrected chi connectivity index (χ1v) is 7.95. The van der Waals surface area contributed by atoms with Crippen molar-refractivity contribution in [2.75, 3.05) is 6.86 Å². The highest BCUT2D eigenvalue weighted by Crippen LogP contribution is 2.35. The van der Waals surface area contributed by atoms with Crippen molar-refractivity contribution in [3.8, 4) is 0 Å². The summed E-state index contributed by atoms with van der Waals surface area (Å²) in [7, 11) is 0. The standard InChI is InChI=1S/C16H29FO/c1-13-2-4-14(5-3-13)6-7-15-8-10-16(11-9-15)18-12-17/h13-16H,2-12H2,1H3. The van der Waals surface area contributed by atoms with E-state index in [1.807, 2.05) is 0 Å². The second-order valence-corrected chi connectivity index (χ2v) is 6.62. The molecule has 0 saturated heterocycles. The zero-order valence-electron chi connectivity index (χ0n) is 11.9. The third kappa shape index (κ3) is 4.53. The number of hydrogen-bond donors (Lipinski definition) is 0. The van der Waals surface area contributed by atoms with Crippen molar-refractivity contribution < 1.29 is 9.13 Å². The molecule has 2 aliphatic rings. The van der Waals surface area contributed by atoms with Crippen molar-refractivity contribution in [1.29, 1.82) is 0 Å².